The highest BCUT2D eigenvalue weighted by Gasteiger charge is 2.14. The molecular formula is C13H16FN3OS. The van der Waals surface area contributed by atoms with Gasteiger partial charge in [0.15, 0.2) is 5.11 Å². The molecule has 0 bridgehead atoms. The first-order valence-electron chi connectivity index (χ1n) is 6.18. The number of hydrogen-bond acceptors (Lipinski definition) is 3. The smallest absolute Gasteiger partial charge is 0.187 e. The normalized spacial score (nSPS) is 18.7. The second-order valence-corrected chi connectivity index (χ2v) is 4.68. The summed E-state index contributed by atoms with van der Waals surface area (Å²) in [5.41, 5.74) is 3.36. The van der Waals surface area contributed by atoms with Crippen molar-refractivity contribution in [2.45, 2.75) is 18.9 Å². The van der Waals surface area contributed by atoms with Gasteiger partial charge in [-0.25, -0.2) is 4.39 Å². The molecule has 0 aromatic heterocycles. The topological polar surface area (TPSA) is 45.7 Å². The van der Waals surface area contributed by atoms with E-state index in [-0.39, 0.29) is 11.9 Å². The minimum atomic E-state index is -0.289. The molecule has 1 aliphatic rings. The molecule has 1 unspecified atom stereocenters. The van der Waals surface area contributed by atoms with E-state index < -0.39 is 0 Å². The molecule has 0 spiro atoms. The van der Waals surface area contributed by atoms with Crippen LogP contribution in [0.4, 0.5) is 4.39 Å². The lowest BCUT2D eigenvalue weighted by atomic mass is 10.2. The van der Waals surface area contributed by atoms with Crippen LogP contribution in [-0.4, -0.2) is 30.6 Å². The molecule has 2 rings (SSSR count). The van der Waals surface area contributed by atoms with Gasteiger partial charge in [0.1, 0.15) is 5.82 Å². The fraction of sp³-hybridized carbons (Fsp3) is 0.385. The van der Waals surface area contributed by atoms with Crippen molar-refractivity contribution >= 4 is 23.5 Å². The number of rotatable bonds is 4. The molecule has 2 N–H and O–H groups in total. The molecule has 0 aliphatic carbocycles. The molecule has 0 saturated carbocycles. The minimum absolute atomic E-state index is 0.229. The third-order valence-corrected chi connectivity index (χ3v) is 2.98. The lowest BCUT2D eigenvalue weighted by molar-refractivity contribution is 0.114. The van der Waals surface area contributed by atoms with E-state index in [1.165, 1.54) is 18.3 Å². The molecule has 1 fully saturated rings. The van der Waals surface area contributed by atoms with E-state index in [2.05, 4.69) is 15.8 Å². The minimum Gasteiger partial charge on any atom is -0.376 e. The van der Waals surface area contributed by atoms with E-state index in [0.717, 1.165) is 19.4 Å². The maximum atomic E-state index is 12.9. The first kappa shape index (κ1) is 13.9. The summed E-state index contributed by atoms with van der Waals surface area (Å²) in [5, 5.41) is 7.40. The number of nitrogens with one attached hydrogen (secondary N) is 2. The molecule has 102 valence electrons. The molecule has 1 aromatic carbocycles. The summed E-state index contributed by atoms with van der Waals surface area (Å²) in [7, 11) is 0. The molecule has 6 heteroatoms. The van der Waals surface area contributed by atoms with Gasteiger partial charge in [-0.05, 0) is 42.8 Å². The number of ether oxygens (including phenoxy) is 1. The zero-order valence-corrected chi connectivity index (χ0v) is 11.3. The highest BCUT2D eigenvalue weighted by atomic mass is 32.1. The predicted octanol–water partition coefficient (Wildman–Crippen LogP) is 1.80. The van der Waals surface area contributed by atoms with Crippen LogP contribution in [0.15, 0.2) is 29.4 Å². The van der Waals surface area contributed by atoms with Crippen LogP contribution in [0.25, 0.3) is 0 Å². The second kappa shape index (κ2) is 7.16. The Morgan fingerprint density at radius 3 is 3.21 bits per heavy atom. The second-order valence-electron chi connectivity index (χ2n) is 4.27. The number of thiocarbonyl (C=S) groups is 1. The van der Waals surface area contributed by atoms with Crippen molar-refractivity contribution in [3.05, 3.63) is 35.6 Å². The zero-order valence-electron chi connectivity index (χ0n) is 10.4. The van der Waals surface area contributed by atoms with E-state index in [1.807, 2.05) is 0 Å². The fourth-order valence-corrected chi connectivity index (χ4v) is 1.94. The Morgan fingerprint density at radius 1 is 1.58 bits per heavy atom. The Kier molecular flexibility index (Phi) is 5.23. The van der Waals surface area contributed by atoms with Gasteiger partial charge < -0.3 is 10.1 Å². The predicted molar refractivity (Wildman–Crippen MR) is 76.7 cm³/mol. The Balaban J connectivity index is 1.70. The van der Waals surface area contributed by atoms with E-state index >= 15 is 0 Å². The molecule has 0 amide bonds. The molecule has 1 atom stereocenters. The molecule has 0 radical (unpaired) electrons. The first-order valence-corrected chi connectivity index (χ1v) is 6.59. The van der Waals surface area contributed by atoms with Crippen LogP contribution in [0.3, 0.4) is 0 Å². The SMILES string of the molecule is Fc1cccc(/C=N/NC(=S)NCC2CCCO2)c1. The van der Waals surface area contributed by atoms with Gasteiger partial charge in [0.25, 0.3) is 0 Å². The number of halogens is 1. The highest BCUT2D eigenvalue weighted by molar-refractivity contribution is 7.80. The van der Waals surface area contributed by atoms with Crippen molar-refractivity contribution in [2.24, 2.45) is 5.10 Å². The molecule has 4 nitrogen and oxygen atoms in total. The number of benzene rings is 1. The van der Waals surface area contributed by atoms with Gasteiger partial charge in [0, 0.05) is 13.2 Å². The van der Waals surface area contributed by atoms with E-state index in [1.54, 1.807) is 12.1 Å². The van der Waals surface area contributed by atoms with Crippen molar-refractivity contribution in [3.8, 4) is 0 Å². The molecule has 19 heavy (non-hydrogen) atoms. The summed E-state index contributed by atoms with van der Waals surface area (Å²) in [6.07, 6.45) is 3.90. The number of hydrogen-bond donors (Lipinski definition) is 2. The fourth-order valence-electron chi connectivity index (χ4n) is 1.80. The summed E-state index contributed by atoms with van der Waals surface area (Å²) in [6, 6.07) is 6.17. The highest BCUT2D eigenvalue weighted by Crippen LogP contribution is 2.10. The third kappa shape index (κ3) is 4.92. The first-order chi connectivity index (χ1) is 9.24. The number of nitrogens with zero attached hydrogens (tertiary/aromatic N) is 1. The Bertz CT molecular complexity index is 461. The summed E-state index contributed by atoms with van der Waals surface area (Å²) in [4.78, 5) is 0. The monoisotopic (exact) mass is 281 g/mol. The summed E-state index contributed by atoms with van der Waals surface area (Å²) >= 11 is 5.06. The zero-order chi connectivity index (χ0) is 13.5. The summed E-state index contributed by atoms with van der Waals surface area (Å²) in [5.74, 6) is -0.289. The quantitative estimate of drug-likeness (QED) is 0.502. The van der Waals surface area contributed by atoms with Crippen molar-refractivity contribution in [1.29, 1.82) is 0 Å². The van der Waals surface area contributed by atoms with Crippen LogP contribution in [0, 0.1) is 5.82 Å². The third-order valence-electron chi connectivity index (χ3n) is 2.74. The van der Waals surface area contributed by atoms with Crippen molar-refractivity contribution in [3.63, 3.8) is 0 Å². The van der Waals surface area contributed by atoms with Gasteiger partial charge in [-0.2, -0.15) is 5.10 Å². The van der Waals surface area contributed by atoms with E-state index in [9.17, 15) is 4.39 Å². The van der Waals surface area contributed by atoms with Crippen LogP contribution >= 0.6 is 12.2 Å². The molecule has 1 aliphatic heterocycles. The maximum absolute atomic E-state index is 12.9. The van der Waals surface area contributed by atoms with Gasteiger partial charge in [0.05, 0.1) is 12.3 Å². The molecule has 1 aromatic rings. The Labute approximate surface area is 117 Å². The van der Waals surface area contributed by atoms with Crippen LogP contribution in [0.2, 0.25) is 0 Å². The average Bonchev–Trinajstić information content (AvgIpc) is 2.89. The van der Waals surface area contributed by atoms with E-state index in [0.29, 0.717) is 17.2 Å². The van der Waals surface area contributed by atoms with Gasteiger partial charge >= 0.3 is 0 Å². The van der Waals surface area contributed by atoms with Crippen molar-refractivity contribution < 1.29 is 9.13 Å². The van der Waals surface area contributed by atoms with Gasteiger partial charge in [-0.15, -0.1) is 0 Å². The van der Waals surface area contributed by atoms with Crippen LogP contribution in [0.5, 0.6) is 0 Å². The maximum Gasteiger partial charge on any atom is 0.187 e. The molecule has 1 heterocycles. The Morgan fingerprint density at radius 2 is 2.47 bits per heavy atom. The molecule has 1 saturated heterocycles. The lowest BCUT2D eigenvalue weighted by Gasteiger charge is -2.11. The van der Waals surface area contributed by atoms with Crippen LogP contribution in [-0.2, 0) is 4.74 Å². The van der Waals surface area contributed by atoms with Crippen molar-refractivity contribution in [1.82, 2.24) is 10.7 Å². The van der Waals surface area contributed by atoms with Crippen LogP contribution < -0.4 is 10.7 Å². The standard InChI is InChI=1S/C13H16FN3OS/c14-11-4-1-3-10(7-11)8-16-17-13(19)15-9-12-5-2-6-18-12/h1,3-4,7-8,12H,2,5-6,9H2,(H2,15,17,19)/b16-8+. The number of hydrazone groups is 1. The van der Waals surface area contributed by atoms with Gasteiger partial charge in [0.2, 0.25) is 0 Å². The van der Waals surface area contributed by atoms with Gasteiger partial charge in [-0.1, -0.05) is 12.1 Å². The summed E-state index contributed by atoms with van der Waals surface area (Å²) < 4.78 is 18.4. The summed E-state index contributed by atoms with van der Waals surface area (Å²) in [6.45, 7) is 1.51. The van der Waals surface area contributed by atoms with Crippen molar-refractivity contribution in [2.75, 3.05) is 13.2 Å². The largest absolute Gasteiger partial charge is 0.376 e. The Hall–Kier alpha value is -1.53. The average molecular weight is 281 g/mol. The van der Waals surface area contributed by atoms with Gasteiger partial charge in [-0.3, -0.25) is 5.43 Å². The molecular weight excluding hydrogens is 265 g/mol. The van der Waals surface area contributed by atoms with E-state index in [4.69, 9.17) is 17.0 Å². The lowest BCUT2D eigenvalue weighted by Crippen LogP contribution is -2.37. The van der Waals surface area contributed by atoms with Crippen LogP contribution in [0.1, 0.15) is 18.4 Å².